The molecule has 0 aromatic heterocycles. The number of aliphatic carboxylic acids is 1. The average Bonchev–Trinajstić information content (AvgIpc) is 2.53. The van der Waals surface area contributed by atoms with Gasteiger partial charge in [0.2, 0.25) is 0 Å². The number of carboxylic acid groups (broad SMARTS) is 1. The van der Waals surface area contributed by atoms with Crippen LogP contribution in [-0.4, -0.2) is 22.8 Å². The molecule has 2 rings (SSSR count). The minimum Gasteiger partial charge on any atom is -0.480 e. The molecule has 0 amide bonds. The first-order valence-electron chi connectivity index (χ1n) is 6.57. The van der Waals surface area contributed by atoms with E-state index in [0.29, 0.717) is 5.71 Å². The van der Waals surface area contributed by atoms with Crippen molar-refractivity contribution in [2.45, 2.75) is 12.5 Å². The van der Waals surface area contributed by atoms with E-state index in [-0.39, 0.29) is 6.42 Å². The Morgan fingerprint density at radius 2 is 1.52 bits per heavy atom. The number of carboxylic acids is 1. The maximum atomic E-state index is 11.3. The molecule has 2 aromatic rings. The van der Waals surface area contributed by atoms with Gasteiger partial charge in [-0.1, -0.05) is 60.7 Å². The molecule has 104 valence electrons. The van der Waals surface area contributed by atoms with Gasteiger partial charge in [0.05, 0.1) is 5.71 Å². The molecule has 0 aliphatic heterocycles. The number of hydrogen-bond acceptors (Lipinski definition) is 2. The molecule has 0 spiro atoms. The Morgan fingerprint density at radius 3 is 1.90 bits per heavy atom. The highest BCUT2D eigenvalue weighted by molar-refractivity contribution is 6.13. The summed E-state index contributed by atoms with van der Waals surface area (Å²) in [4.78, 5) is 15.7. The van der Waals surface area contributed by atoms with Gasteiger partial charge in [0.1, 0.15) is 0 Å². The van der Waals surface area contributed by atoms with Crippen LogP contribution in [0, 0.1) is 12.3 Å². The first-order valence-corrected chi connectivity index (χ1v) is 6.57. The van der Waals surface area contributed by atoms with Crippen LogP contribution in [-0.2, 0) is 4.79 Å². The summed E-state index contributed by atoms with van der Waals surface area (Å²) in [5.74, 6) is 1.35. The Morgan fingerprint density at radius 1 is 1.05 bits per heavy atom. The highest BCUT2D eigenvalue weighted by Gasteiger charge is 2.17. The van der Waals surface area contributed by atoms with Crippen molar-refractivity contribution in [1.82, 2.24) is 0 Å². The minimum absolute atomic E-state index is 0.0680. The van der Waals surface area contributed by atoms with Crippen molar-refractivity contribution in [2.24, 2.45) is 4.99 Å². The summed E-state index contributed by atoms with van der Waals surface area (Å²) in [5, 5.41) is 9.24. The summed E-state index contributed by atoms with van der Waals surface area (Å²) in [6.45, 7) is 0. The van der Waals surface area contributed by atoms with Gasteiger partial charge in [-0.15, -0.1) is 12.3 Å². The standard InChI is InChI=1S/C18H15NO2/c1-2-9-16(18(20)21)19-17(14-10-5-3-6-11-14)15-12-7-4-8-13-15/h1,3-8,10-13,16H,9H2,(H,20,21). The van der Waals surface area contributed by atoms with Gasteiger partial charge in [0.25, 0.3) is 0 Å². The van der Waals surface area contributed by atoms with E-state index in [9.17, 15) is 9.90 Å². The zero-order valence-electron chi connectivity index (χ0n) is 11.4. The van der Waals surface area contributed by atoms with Crippen molar-refractivity contribution < 1.29 is 9.90 Å². The third-order valence-electron chi connectivity index (χ3n) is 2.98. The highest BCUT2D eigenvalue weighted by atomic mass is 16.4. The number of nitrogens with zero attached hydrogens (tertiary/aromatic N) is 1. The number of hydrogen-bond donors (Lipinski definition) is 1. The van der Waals surface area contributed by atoms with Gasteiger partial charge in [-0.3, -0.25) is 4.99 Å². The summed E-state index contributed by atoms with van der Waals surface area (Å²) in [5.41, 5.74) is 2.37. The number of benzene rings is 2. The molecule has 0 bridgehead atoms. The molecule has 0 fully saturated rings. The van der Waals surface area contributed by atoms with Gasteiger partial charge < -0.3 is 5.11 Å². The lowest BCUT2D eigenvalue weighted by Gasteiger charge is -2.11. The van der Waals surface area contributed by atoms with E-state index in [1.54, 1.807) is 0 Å². The van der Waals surface area contributed by atoms with Crippen molar-refractivity contribution in [1.29, 1.82) is 0 Å². The van der Waals surface area contributed by atoms with Crippen LogP contribution in [0.2, 0.25) is 0 Å². The van der Waals surface area contributed by atoms with Crippen LogP contribution in [0.1, 0.15) is 17.5 Å². The molecule has 1 unspecified atom stereocenters. The van der Waals surface area contributed by atoms with E-state index in [4.69, 9.17) is 6.42 Å². The average molecular weight is 277 g/mol. The second-order valence-corrected chi connectivity index (χ2v) is 4.47. The second-order valence-electron chi connectivity index (χ2n) is 4.47. The van der Waals surface area contributed by atoms with Crippen molar-refractivity contribution >= 4 is 11.7 Å². The summed E-state index contributed by atoms with van der Waals surface area (Å²) >= 11 is 0. The molecular weight excluding hydrogens is 262 g/mol. The highest BCUT2D eigenvalue weighted by Crippen LogP contribution is 2.13. The van der Waals surface area contributed by atoms with Gasteiger partial charge in [-0.05, 0) is 0 Å². The Hall–Kier alpha value is -2.86. The fraction of sp³-hybridized carbons (Fsp3) is 0.111. The smallest absolute Gasteiger partial charge is 0.329 e. The van der Waals surface area contributed by atoms with E-state index >= 15 is 0 Å². The van der Waals surface area contributed by atoms with Gasteiger partial charge >= 0.3 is 5.97 Å². The van der Waals surface area contributed by atoms with Crippen molar-refractivity contribution in [3.05, 3.63) is 71.8 Å². The number of aliphatic imine (C=N–C) groups is 1. The molecule has 1 atom stereocenters. The van der Waals surface area contributed by atoms with Crippen LogP contribution >= 0.6 is 0 Å². The largest absolute Gasteiger partial charge is 0.480 e. The van der Waals surface area contributed by atoms with Gasteiger partial charge in [0.15, 0.2) is 6.04 Å². The predicted molar refractivity (Wildman–Crippen MR) is 83.4 cm³/mol. The van der Waals surface area contributed by atoms with Crippen molar-refractivity contribution in [2.75, 3.05) is 0 Å². The lowest BCUT2D eigenvalue weighted by atomic mass is 10.0. The zero-order chi connectivity index (χ0) is 15.1. The number of terminal acetylenes is 1. The SMILES string of the molecule is C#CCC(N=C(c1ccccc1)c1ccccc1)C(=O)O. The third-order valence-corrected chi connectivity index (χ3v) is 2.98. The summed E-state index contributed by atoms with van der Waals surface area (Å²) in [7, 11) is 0. The van der Waals surface area contributed by atoms with E-state index < -0.39 is 12.0 Å². The van der Waals surface area contributed by atoms with Crippen LogP contribution in [0.25, 0.3) is 0 Å². The van der Waals surface area contributed by atoms with Crippen molar-refractivity contribution in [3.8, 4) is 12.3 Å². The molecule has 0 saturated carbocycles. The normalized spacial score (nSPS) is 11.2. The van der Waals surface area contributed by atoms with E-state index in [0.717, 1.165) is 11.1 Å². The van der Waals surface area contributed by atoms with Crippen LogP contribution in [0.5, 0.6) is 0 Å². The van der Waals surface area contributed by atoms with Crippen LogP contribution < -0.4 is 0 Å². The van der Waals surface area contributed by atoms with Crippen LogP contribution in [0.4, 0.5) is 0 Å². The van der Waals surface area contributed by atoms with E-state index in [1.807, 2.05) is 60.7 Å². The Balaban J connectivity index is 2.51. The Bertz CT molecular complexity index is 628. The van der Waals surface area contributed by atoms with E-state index in [2.05, 4.69) is 10.9 Å². The minimum atomic E-state index is -1.02. The molecule has 21 heavy (non-hydrogen) atoms. The lowest BCUT2D eigenvalue weighted by Crippen LogP contribution is -2.20. The van der Waals surface area contributed by atoms with E-state index in [1.165, 1.54) is 0 Å². The zero-order valence-corrected chi connectivity index (χ0v) is 11.4. The van der Waals surface area contributed by atoms with Crippen LogP contribution in [0.3, 0.4) is 0 Å². The lowest BCUT2D eigenvalue weighted by molar-refractivity contribution is -0.138. The van der Waals surface area contributed by atoms with Gasteiger partial charge in [-0.2, -0.15) is 0 Å². The molecule has 0 heterocycles. The summed E-state index contributed by atoms with van der Waals surface area (Å²) in [6.07, 6.45) is 5.31. The maximum absolute atomic E-state index is 11.3. The fourth-order valence-electron chi connectivity index (χ4n) is 1.96. The number of rotatable bonds is 5. The summed E-state index contributed by atoms with van der Waals surface area (Å²) < 4.78 is 0. The first-order chi connectivity index (χ1) is 10.2. The molecule has 3 nitrogen and oxygen atoms in total. The quantitative estimate of drug-likeness (QED) is 0.674. The first kappa shape index (κ1) is 14.5. The predicted octanol–water partition coefficient (Wildman–Crippen LogP) is 3.00. The van der Waals surface area contributed by atoms with Crippen LogP contribution in [0.15, 0.2) is 65.7 Å². The Kier molecular flexibility index (Phi) is 4.89. The molecular formula is C18H15NO2. The molecule has 0 saturated heterocycles. The van der Waals surface area contributed by atoms with Crippen molar-refractivity contribution in [3.63, 3.8) is 0 Å². The monoisotopic (exact) mass is 277 g/mol. The molecule has 2 aromatic carbocycles. The van der Waals surface area contributed by atoms with Gasteiger partial charge in [-0.25, -0.2) is 4.79 Å². The maximum Gasteiger partial charge on any atom is 0.329 e. The number of carbonyl (C=O) groups is 1. The molecule has 3 heteroatoms. The molecule has 0 radical (unpaired) electrons. The Labute approximate surface area is 124 Å². The topological polar surface area (TPSA) is 49.7 Å². The second kappa shape index (κ2) is 7.06. The molecule has 0 aliphatic rings. The molecule has 1 N–H and O–H groups in total. The van der Waals surface area contributed by atoms with Gasteiger partial charge in [0, 0.05) is 17.5 Å². The molecule has 0 aliphatic carbocycles. The fourth-order valence-corrected chi connectivity index (χ4v) is 1.96. The summed E-state index contributed by atoms with van der Waals surface area (Å²) in [6, 6.07) is 18.1. The third kappa shape index (κ3) is 3.80.